The van der Waals surface area contributed by atoms with E-state index in [0.717, 1.165) is 22.2 Å². The molecule has 0 aliphatic carbocycles. The largest absolute Gasteiger partial charge is 0.384 e. The fourth-order valence-corrected chi connectivity index (χ4v) is 1.54. The Morgan fingerprint density at radius 3 is 3.08 bits per heavy atom. The van der Waals surface area contributed by atoms with E-state index in [9.17, 15) is 0 Å². The summed E-state index contributed by atoms with van der Waals surface area (Å²) in [5, 5.41) is 4.08. The highest BCUT2D eigenvalue weighted by Gasteiger charge is 2.06. The predicted molar refractivity (Wildman–Crippen MR) is 54.5 cm³/mol. The molecule has 0 fully saturated rings. The molecule has 0 spiro atoms. The lowest BCUT2D eigenvalue weighted by molar-refractivity contribution is 0.924. The summed E-state index contributed by atoms with van der Waals surface area (Å²) in [6.07, 6.45) is 2.57. The Morgan fingerprint density at radius 1 is 1.62 bits per heavy atom. The summed E-state index contributed by atoms with van der Waals surface area (Å²) in [6.45, 7) is 2.04. The molecule has 0 unspecified atom stereocenters. The summed E-state index contributed by atoms with van der Waals surface area (Å²) in [4.78, 5) is 4.39. The molecule has 0 aliphatic heterocycles. The molecule has 2 aromatic heterocycles. The zero-order valence-electron chi connectivity index (χ0n) is 7.16. The van der Waals surface area contributed by atoms with Crippen molar-refractivity contribution in [2.45, 2.75) is 13.3 Å². The van der Waals surface area contributed by atoms with Gasteiger partial charge in [0, 0.05) is 11.8 Å². The summed E-state index contributed by atoms with van der Waals surface area (Å²) in [5.41, 5.74) is 7.54. The van der Waals surface area contributed by atoms with Gasteiger partial charge in [0.2, 0.25) is 0 Å². The Balaban J connectivity index is 2.80. The lowest BCUT2D eigenvalue weighted by Crippen LogP contribution is -2.02. The number of aromatic nitrogens is 3. The Kier molecular flexibility index (Phi) is 1.95. The molecule has 0 aromatic carbocycles. The van der Waals surface area contributed by atoms with E-state index in [0.29, 0.717) is 5.82 Å². The Labute approximate surface area is 83.9 Å². The maximum absolute atomic E-state index is 5.79. The highest BCUT2D eigenvalue weighted by Crippen LogP contribution is 2.18. The van der Waals surface area contributed by atoms with Crippen LogP contribution in [0.15, 0.2) is 16.7 Å². The average molecular weight is 241 g/mol. The average Bonchev–Trinajstić information content (AvgIpc) is 2.48. The van der Waals surface area contributed by atoms with Crippen LogP contribution in [-0.4, -0.2) is 14.6 Å². The smallest absolute Gasteiger partial charge is 0.171 e. The second-order valence-electron chi connectivity index (χ2n) is 2.75. The molecule has 0 amide bonds. The van der Waals surface area contributed by atoms with Gasteiger partial charge < -0.3 is 5.73 Å². The van der Waals surface area contributed by atoms with Crippen LogP contribution in [0.25, 0.3) is 5.65 Å². The molecule has 0 aliphatic rings. The van der Waals surface area contributed by atoms with E-state index < -0.39 is 0 Å². The second-order valence-corrected chi connectivity index (χ2v) is 3.61. The molecule has 68 valence electrons. The summed E-state index contributed by atoms with van der Waals surface area (Å²) in [5.74, 6) is 0.618. The SMILES string of the molecule is CCc1cc(N)n2ncc(Br)c2n1. The number of hydrogen-bond acceptors (Lipinski definition) is 3. The van der Waals surface area contributed by atoms with Crippen molar-refractivity contribution in [2.24, 2.45) is 0 Å². The van der Waals surface area contributed by atoms with Crippen LogP contribution in [0, 0.1) is 0 Å². The molecule has 2 heterocycles. The number of nitrogens with zero attached hydrogens (tertiary/aromatic N) is 3. The molecule has 2 rings (SSSR count). The fraction of sp³-hybridized carbons (Fsp3) is 0.250. The number of nitrogen functional groups attached to an aromatic ring is 1. The van der Waals surface area contributed by atoms with Crippen molar-refractivity contribution in [1.82, 2.24) is 14.6 Å². The molecule has 0 radical (unpaired) electrons. The highest BCUT2D eigenvalue weighted by molar-refractivity contribution is 9.10. The molecule has 2 N–H and O–H groups in total. The minimum atomic E-state index is 0.618. The van der Waals surface area contributed by atoms with Gasteiger partial charge in [0.1, 0.15) is 5.82 Å². The first-order valence-corrected chi connectivity index (χ1v) is 4.80. The number of nitrogens with two attached hydrogens (primary N) is 1. The number of rotatable bonds is 1. The maximum Gasteiger partial charge on any atom is 0.171 e. The number of hydrogen-bond donors (Lipinski definition) is 1. The normalized spacial score (nSPS) is 10.9. The minimum Gasteiger partial charge on any atom is -0.384 e. The van der Waals surface area contributed by atoms with E-state index in [1.807, 2.05) is 13.0 Å². The van der Waals surface area contributed by atoms with Crippen LogP contribution >= 0.6 is 15.9 Å². The van der Waals surface area contributed by atoms with Crippen molar-refractivity contribution in [3.8, 4) is 0 Å². The zero-order valence-corrected chi connectivity index (χ0v) is 8.74. The zero-order chi connectivity index (χ0) is 9.42. The third-order valence-electron chi connectivity index (χ3n) is 1.87. The first-order valence-electron chi connectivity index (χ1n) is 4.01. The number of fused-ring (bicyclic) bond motifs is 1. The van der Waals surface area contributed by atoms with Gasteiger partial charge in [-0.1, -0.05) is 6.92 Å². The number of halogens is 1. The van der Waals surface area contributed by atoms with Crippen LogP contribution in [0.2, 0.25) is 0 Å². The van der Waals surface area contributed by atoms with Crippen molar-refractivity contribution in [3.63, 3.8) is 0 Å². The van der Waals surface area contributed by atoms with Crippen molar-refractivity contribution < 1.29 is 0 Å². The van der Waals surface area contributed by atoms with Crippen LogP contribution in [0.5, 0.6) is 0 Å². The molecular formula is C8H9BrN4. The molecule has 4 nitrogen and oxygen atoms in total. The van der Waals surface area contributed by atoms with E-state index >= 15 is 0 Å². The first kappa shape index (κ1) is 8.50. The third kappa shape index (κ3) is 1.29. The van der Waals surface area contributed by atoms with Crippen molar-refractivity contribution in [3.05, 3.63) is 22.4 Å². The van der Waals surface area contributed by atoms with Gasteiger partial charge in [-0.25, -0.2) is 4.98 Å². The van der Waals surface area contributed by atoms with Gasteiger partial charge in [-0.3, -0.25) is 0 Å². The Morgan fingerprint density at radius 2 is 2.38 bits per heavy atom. The topological polar surface area (TPSA) is 56.2 Å². The van der Waals surface area contributed by atoms with Gasteiger partial charge in [0.15, 0.2) is 5.65 Å². The van der Waals surface area contributed by atoms with Gasteiger partial charge in [0.25, 0.3) is 0 Å². The van der Waals surface area contributed by atoms with Crippen LogP contribution in [0.1, 0.15) is 12.6 Å². The lowest BCUT2D eigenvalue weighted by atomic mass is 10.3. The van der Waals surface area contributed by atoms with Crippen LogP contribution in [0.3, 0.4) is 0 Å². The standard InChI is InChI=1S/C8H9BrN4/c1-2-5-3-7(10)13-8(12-5)6(9)4-11-13/h3-4H,2,10H2,1H3. The molecule has 5 heteroatoms. The van der Waals surface area contributed by atoms with E-state index in [4.69, 9.17) is 5.73 Å². The molecule has 13 heavy (non-hydrogen) atoms. The van der Waals surface area contributed by atoms with Gasteiger partial charge in [-0.15, -0.1) is 0 Å². The molecule has 0 saturated carbocycles. The lowest BCUT2D eigenvalue weighted by Gasteiger charge is -2.01. The van der Waals surface area contributed by atoms with E-state index in [1.54, 1.807) is 10.7 Å². The maximum atomic E-state index is 5.79. The monoisotopic (exact) mass is 240 g/mol. The molecular weight excluding hydrogens is 232 g/mol. The summed E-state index contributed by atoms with van der Waals surface area (Å²) in [6, 6.07) is 1.84. The number of anilines is 1. The van der Waals surface area contributed by atoms with Crippen LogP contribution in [-0.2, 0) is 6.42 Å². The van der Waals surface area contributed by atoms with Gasteiger partial charge >= 0.3 is 0 Å². The van der Waals surface area contributed by atoms with Crippen molar-refractivity contribution >= 4 is 27.4 Å². The Bertz CT molecular complexity index is 449. The quantitative estimate of drug-likeness (QED) is 0.825. The third-order valence-corrected chi connectivity index (χ3v) is 2.43. The van der Waals surface area contributed by atoms with Crippen LogP contribution in [0.4, 0.5) is 5.82 Å². The minimum absolute atomic E-state index is 0.618. The summed E-state index contributed by atoms with van der Waals surface area (Å²) < 4.78 is 2.48. The van der Waals surface area contributed by atoms with E-state index in [1.165, 1.54) is 0 Å². The highest BCUT2D eigenvalue weighted by atomic mass is 79.9. The number of aryl methyl sites for hydroxylation is 1. The van der Waals surface area contributed by atoms with E-state index in [2.05, 4.69) is 26.0 Å². The molecule has 0 saturated heterocycles. The fourth-order valence-electron chi connectivity index (χ4n) is 1.19. The second kappa shape index (κ2) is 2.99. The first-order chi connectivity index (χ1) is 6.22. The van der Waals surface area contributed by atoms with Crippen molar-refractivity contribution in [2.75, 3.05) is 5.73 Å². The van der Waals surface area contributed by atoms with Crippen LogP contribution < -0.4 is 5.73 Å². The Hall–Kier alpha value is -1.10. The van der Waals surface area contributed by atoms with Gasteiger partial charge in [-0.2, -0.15) is 9.61 Å². The molecule has 0 bridgehead atoms. The molecule has 2 aromatic rings. The predicted octanol–water partition coefficient (Wildman–Crippen LogP) is 1.64. The van der Waals surface area contributed by atoms with Gasteiger partial charge in [-0.05, 0) is 22.4 Å². The van der Waals surface area contributed by atoms with Crippen molar-refractivity contribution in [1.29, 1.82) is 0 Å². The van der Waals surface area contributed by atoms with E-state index in [-0.39, 0.29) is 0 Å². The summed E-state index contributed by atoms with van der Waals surface area (Å²) >= 11 is 3.36. The van der Waals surface area contributed by atoms with Gasteiger partial charge in [0.05, 0.1) is 10.7 Å². The summed E-state index contributed by atoms with van der Waals surface area (Å²) in [7, 11) is 0. The molecule has 0 atom stereocenters.